The molecule has 0 heterocycles. The number of carbonyl (C=O) groups excluding carboxylic acids is 1. The van der Waals surface area contributed by atoms with Crippen molar-refractivity contribution in [3.05, 3.63) is 30.3 Å². The van der Waals surface area contributed by atoms with Crippen LogP contribution in [0.3, 0.4) is 0 Å². The standard InChI is InChI=1S/C11H14O6S/c1-9(2)16-11(12)15-8-18(13,14)17-10-6-4-3-5-7-10/h3-7,9H,8H2,1-2H3. The molecule has 18 heavy (non-hydrogen) atoms. The molecule has 0 saturated heterocycles. The van der Waals surface area contributed by atoms with Crippen LogP contribution in [0.15, 0.2) is 30.3 Å². The lowest BCUT2D eigenvalue weighted by Crippen LogP contribution is -2.21. The molecule has 7 heteroatoms. The van der Waals surface area contributed by atoms with Gasteiger partial charge in [0.1, 0.15) is 5.75 Å². The second kappa shape index (κ2) is 6.25. The first-order chi connectivity index (χ1) is 8.39. The van der Waals surface area contributed by atoms with Gasteiger partial charge in [0.05, 0.1) is 6.10 Å². The number of para-hydroxylation sites is 1. The summed E-state index contributed by atoms with van der Waals surface area (Å²) in [5, 5.41) is 0. The summed E-state index contributed by atoms with van der Waals surface area (Å²) in [6, 6.07) is 7.92. The van der Waals surface area contributed by atoms with E-state index in [2.05, 4.69) is 9.47 Å². The van der Waals surface area contributed by atoms with Gasteiger partial charge in [-0.3, -0.25) is 0 Å². The van der Waals surface area contributed by atoms with Crippen LogP contribution < -0.4 is 4.18 Å². The molecule has 0 unspecified atom stereocenters. The third kappa shape index (κ3) is 5.53. The van der Waals surface area contributed by atoms with E-state index >= 15 is 0 Å². The summed E-state index contributed by atoms with van der Waals surface area (Å²) in [4.78, 5) is 11.0. The minimum absolute atomic E-state index is 0.151. The van der Waals surface area contributed by atoms with E-state index in [0.29, 0.717) is 0 Å². The van der Waals surface area contributed by atoms with Crippen molar-refractivity contribution in [2.24, 2.45) is 0 Å². The molecule has 0 fully saturated rings. The minimum Gasteiger partial charge on any atom is -0.432 e. The molecule has 0 aliphatic heterocycles. The van der Waals surface area contributed by atoms with E-state index in [1.54, 1.807) is 32.0 Å². The van der Waals surface area contributed by atoms with Crippen molar-refractivity contribution >= 4 is 16.3 Å². The second-order valence-corrected chi connectivity index (χ2v) is 5.15. The highest BCUT2D eigenvalue weighted by molar-refractivity contribution is 7.86. The maximum Gasteiger partial charge on any atom is 0.509 e. The Labute approximate surface area is 106 Å². The smallest absolute Gasteiger partial charge is 0.432 e. The topological polar surface area (TPSA) is 78.9 Å². The summed E-state index contributed by atoms with van der Waals surface area (Å²) in [6.07, 6.45) is -1.43. The number of rotatable bonds is 5. The summed E-state index contributed by atoms with van der Waals surface area (Å²) >= 11 is 0. The highest BCUT2D eigenvalue weighted by Gasteiger charge is 2.17. The van der Waals surface area contributed by atoms with E-state index in [1.165, 1.54) is 12.1 Å². The van der Waals surface area contributed by atoms with Crippen molar-refractivity contribution in [1.82, 2.24) is 0 Å². The molecule has 0 aliphatic rings. The number of hydrogen-bond acceptors (Lipinski definition) is 6. The summed E-state index contributed by atoms with van der Waals surface area (Å²) in [6.45, 7) is 3.24. The molecule has 6 nitrogen and oxygen atoms in total. The van der Waals surface area contributed by atoms with E-state index in [0.717, 1.165) is 0 Å². The van der Waals surface area contributed by atoms with Gasteiger partial charge in [-0.1, -0.05) is 18.2 Å². The Morgan fingerprint density at radius 3 is 2.39 bits per heavy atom. The zero-order valence-electron chi connectivity index (χ0n) is 10.0. The van der Waals surface area contributed by atoms with Gasteiger partial charge in [-0.25, -0.2) is 4.79 Å². The van der Waals surface area contributed by atoms with Gasteiger partial charge >= 0.3 is 16.3 Å². The zero-order chi connectivity index (χ0) is 13.6. The summed E-state index contributed by atoms with van der Waals surface area (Å²) in [7, 11) is -3.99. The molecule has 0 N–H and O–H groups in total. The second-order valence-electron chi connectivity index (χ2n) is 3.63. The van der Waals surface area contributed by atoms with Crippen molar-refractivity contribution in [1.29, 1.82) is 0 Å². The van der Waals surface area contributed by atoms with E-state index < -0.39 is 22.2 Å². The molecule has 0 radical (unpaired) electrons. The molecule has 0 aliphatic carbocycles. The Bertz CT molecular complexity index is 480. The van der Waals surface area contributed by atoms with Crippen molar-refractivity contribution in [2.75, 3.05) is 5.94 Å². The Hall–Kier alpha value is -1.76. The van der Waals surface area contributed by atoms with Crippen molar-refractivity contribution in [3.8, 4) is 5.75 Å². The van der Waals surface area contributed by atoms with E-state index in [1.807, 2.05) is 0 Å². The van der Waals surface area contributed by atoms with Crippen LogP contribution in [-0.4, -0.2) is 26.6 Å². The van der Waals surface area contributed by atoms with Gasteiger partial charge in [-0.05, 0) is 26.0 Å². The SMILES string of the molecule is CC(C)OC(=O)OCS(=O)(=O)Oc1ccccc1. The van der Waals surface area contributed by atoms with Gasteiger partial charge in [0.25, 0.3) is 0 Å². The first-order valence-corrected chi connectivity index (χ1v) is 6.77. The maximum absolute atomic E-state index is 11.4. The lowest BCUT2D eigenvalue weighted by atomic mass is 10.3. The summed E-state index contributed by atoms with van der Waals surface area (Å²) in [5.41, 5.74) is 0. The zero-order valence-corrected chi connectivity index (χ0v) is 10.8. The van der Waals surface area contributed by atoms with Gasteiger partial charge in [0, 0.05) is 0 Å². The molecule has 1 aromatic rings. The Balaban J connectivity index is 2.48. The fourth-order valence-corrected chi connectivity index (χ4v) is 1.69. The van der Waals surface area contributed by atoms with Gasteiger partial charge in [0.2, 0.25) is 5.94 Å². The average Bonchev–Trinajstić information content (AvgIpc) is 2.26. The molecule has 100 valence electrons. The van der Waals surface area contributed by atoms with Crippen LogP contribution in [0, 0.1) is 0 Å². The quantitative estimate of drug-likeness (QED) is 0.603. The highest BCUT2D eigenvalue weighted by Crippen LogP contribution is 2.12. The third-order valence-corrected chi connectivity index (χ3v) is 2.47. The molecule has 0 saturated carbocycles. The monoisotopic (exact) mass is 274 g/mol. The predicted octanol–water partition coefficient (Wildman–Crippen LogP) is 1.91. The molecule has 1 rings (SSSR count). The first-order valence-electron chi connectivity index (χ1n) is 5.19. The van der Waals surface area contributed by atoms with E-state index in [-0.39, 0.29) is 11.9 Å². The molecular weight excluding hydrogens is 260 g/mol. The molecule has 0 spiro atoms. The molecule has 0 atom stereocenters. The Morgan fingerprint density at radius 2 is 1.83 bits per heavy atom. The Morgan fingerprint density at radius 1 is 1.22 bits per heavy atom. The van der Waals surface area contributed by atoms with Crippen molar-refractivity contribution < 1.29 is 26.9 Å². The molecule has 0 bridgehead atoms. The minimum atomic E-state index is -3.99. The van der Waals surface area contributed by atoms with E-state index in [9.17, 15) is 13.2 Å². The van der Waals surface area contributed by atoms with Crippen molar-refractivity contribution in [3.63, 3.8) is 0 Å². The lowest BCUT2D eigenvalue weighted by Gasteiger charge is -2.09. The van der Waals surface area contributed by atoms with Crippen LogP contribution in [0.4, 0.5) is 4.79 Å². The Kier molecular flexibility index (Phi) is 4.96. The molecule has 0 aromatic heterocycles. The van der Waals surface area contributed by atoms with Gasteiger partial charge in [-0.2, -0.15) is 8.42 Å². The van der Waals surface area contributed by atoms with Crippen LogP contribution in [0.5, 0.6) is 5.75 Å². The summed E-state index contributed by atoms with van der Waals surface area (Å²) in [5.74, 6) is -0.744. The van der Waals surface area contributed by atoms with Gasteiger partial charge in [-0.15, -0.1) is 0 Å². The third-order valence-electron chi connectivity index (χ3n) is 1.62. The van der Waals surface area contributed by atoms with Crippen LogP contribution >= 0.6 is 0 Å². The largest absolute Gasteiger partial charge is 0.509 e. The number of hydrogen-bond donors (Lipinski definition) is 0. The molecule has 0 amide bonds. The van der Waals surface area contributed by atoms with E-state index in [4.69, 9.17) is 4.18 Å². The first kappa shape index (κ1) is 14.3. The summed E-state index contributed by atoms with van der Waals surface area (Å²) < 4.78 is 36.6. The van der Waals surface area contributed by atoms with Crippen LogP contribution in [0.25, 0.3) is 0 Å². The van der Waals surface area contributed by atoms with Crippen molar-refractivity contribution in [2.45, 2.75) is 20.0 Å². The van der Waals surface area contributed by atoms with Crippen LogP contribution in [0.1, 0.15) is 13.8 Å². The predicted molar refractivity (Wildman–Crippen MR) is 63.6 cm³/mol. The highest BCUT2D eigenvalue weighted by atomic mass is 32.2. The normalized spacial score (nSPS) is 11.1. The lowest BCUT2D eigenvalue weighted by molar-refractivity contribution is 0.0440. The average molecular weight is 274 g/mol. The van der Waals surface area contributed by atoms with Gasteiger partial charge < -0.3 is 13.7 Å². The van der Waals surface area contributed by atoms with Gasteiger partial charge in [0.15, 0.2) is 0 Å². The number of ether oxygens (including phenoxy) is 2. The van der Waals surface area contributed by atoms with Crippen LogP contribution in [0.2, 0.25) is 0 Å². The van der Waals surface area contributed by atoms with Crippen LogP contribution in [-0.2, 0) is 19.6 Å². The fraction of sp³-hybridized carbons (Fsp3) is 0.364. The maximum atomic E-state index is 11.4. The number of benzene rings is 1. The molecule has 1 aromatic carbocycles. The molecular formula is C11H14O6S. The fourth-order valence-electron chi connectivity index (χ4n) is 0.993. The number of carbonyl (C=O) groups is 1.